The first-order valence-corrected chi connectivity index (χ1v) is 8.00. The molecule has 0 saturated carbocycles. The average molecular weight is 468 g/mol. The Morgan fingerprint density at radius 3 is 2.03 bits per heavy atom. The molecule has 0 atom stereocenters. The van der Waals surface area contributed by atoms with E-state index in [1.807, 2.05) is 0 Å². The molecule has 7 nitrogen and oxygen atoms in total. The number of alkyl halides is 6. The Bertz CT molecular complexity index is 1110. The Morgan fingerprint density at radius 2 is 1.60 bits per heavy atom. The lowest BCUT2D eigenvalue weighted by molar-refractivity contribution is -0.141. The number of rotatable bonds is 3. The highest BCUT2D eigenvalue weighted by molar-refractivity contribution is 6.37. The lowest BCUT2D eigenvalue weighted by atomic mass is 10.2. The van der Waals surface area contributed by atoms with Crippen LogP contribution in [0.5, 0.6) is 0 Å². The molecule has 0 aliphatic rings. The standard InChI is InChI=1S/C15H5Cl2F6N7/c16-7-1-6(14(18,19)20)2-8(17)12(7)30-28-11(13(29-30)15(21,22)23)5-27-10(4-25)9(26)3-24/h1-2,5H,26H2/b10-9-,27-5?. The van der Waals surface area contributed by atoms with Gasteiger partial charge in [0, 0.05) is 0 Å². The van der Waals surface area contributed by atoms with Crippen molar-refractivity contribution in [1.29, 1.82) is 10.5 Å². The molecule has 2 aromatic rings. The molecule has 0 unspecified atom stereocenters. The number of nitrogens with zero attached hydrogens (tertiary/aromatic N) is 6. The van der Waals surface area contributed by atoms with Crippen LogP contribution in [0.4, 0.5) is 26.3 Å². The largest absolute Gasteiger partial charge is 0.437 e. The van der Waals surface area contributed by atoms with Gasteiger partial charge in [-0.2, -0.15) is 36.9 Å². The Hall–Kier alpha value is -3.29. The third kappa shape index (κ3) is 4.82. The van der Waals surface area contributed by atoms with E-state index in [2.05, 4.69) is 15.2 Å². The fraction of sp³-hybridized carbons (Fsp3) is 0.133. The number of aliphatic imine (C=N–C) groups is 1. The third-order valence-electron chi connectivity index (χ3n) is 3.25. The minimum atomic E-state index is -5.07. The molecule has 0 amide bonds. The SMILES string of the molecule is N#C/C(N)=C(\C#N)N=Cc1nn(-c2c(Cl)cc(C(F)(F)F)cc2Cl)nc1C(F)(F)F. The van der Waals surface area contributed by atoms with E-state index in [4.69, 9.17) is 39.5 Å². The topological polar surface area (TPSA) is 117 Å². The highest BCUT2D eigenvalue weighted by atomic mass is 35.5. The number of benzene rings is 1. The average Bonchev–Trinajstić information content (AvgIpc) is 3.04. The van der Waals surface area contributed by atoms with Crippen LogP contribution in [0.3, 0.4) is 0 Å². The zero-order valence-electron chi connectivity index (χ0n) is 14.0. The van der Waals surface area contributed by atoms with Crippen LogP contribution in [-0.4, -0.2) is 21.2 Å². The second-order valence-electron chi connectivity index (χ2n) is 5.25. The normalized spacial score (nSPS) is 13.1. The van der Waals surface area contributed by atoms with E-state index in [1.165, 1.54) is 12.1 Å². The van der Waals surface area contributed by atoms with Gasteiger partial charge in [-0.15, -0.1) is 15.0 Å². The number of hydrogen-bond donors (Lipinski definition) is 1. The van der Waals surface area contributed by atoms with Crippen LogP contribution in [0.15, 0.2) is 28.5 Å². The lowest BCUT2D eigenvalue weighted by Crippen LogP contribution is -2.10. The van der Waals surface area contributed by atoms with Crippen LogP contribution in [0.1, 0.15) is 17.0 Å². The number of nitrogens with two attached hydrogens (primary N) is 1. The van der Waals surface area contributed by atoms with Gasteiger partial charge in [-0.3, -0.25) is 0 Å². The van der Waals surface area contributed by atoms with Gasteiger partial charge >= 0.3 is 12.4 Å². The van der Waals surface area contributed by atoms with Gasteiger partial charge in [0.05, 0.1) is 21.8 Å². The van der Waals surface area contributed by atoms with Crippen molar-refractivity contribution in [2.45, 2.75) is 12.4 Å². The molecule has 30 heavy (non-hydrogen) atoms. The fourth-order valence-electron chi connectivity index (χ4n) is 1.96. The van der Waals surface area contributed by atoms with Crippen LogP contribution >= 0.6 is 23.2 Å². The van der Waals surface area contributed by atoms with Crippen molar-refractivity contribution in [3.8, 4) is 17.8 Å². The third-order valence-corrected chi connectivity index (χ3v) is 3.83. The fourth-order valence-corrected chi connectivity index (χ4v) is 2.60. The molecule has 156 valence electrons. The van der Waals surface area contributed by atoms with Gasteiger partial charge in [-0.1, -0.05) is 23.2 Å². The zero-order valence-corrected chi connectivity index (χ0v) is 15.5. The van der Waals surface area contributed by atoms with Crippen molar-refractivity contribution in [3.05, 3.63) is 50.5 Å². The van der Waals surface area contributed by atoms with E-state index in [9.17, 15) is 26.3 Å². The molecule has 0 bridgehead atoms. The van der Waals surface area contributed by atoms with Crippen LogP contribution in [0.2, 0.25) is 10.0 Å². The van der Waals surface area contributed by atoms with Gasteiger partial charge in [-0.05, 0) is 12.1 Å². The van der Waals surface area contributed by atoms with Crippen LogP contribution < -0.4 is 5.73 Å². The van der Waals surface area contributed by atoms with Crippen LogP contribution in [0.25, 0.3) is 5.69 Å². The number of allylic oxidation sites excluding steroid dienone is 2. The van der Waals surface area contributed by atoms with Gasteiger partial charge in [0.25, 0.3) is 0 Å². The molecule has 2 rings (SSSR count). The van der Waals surface area contributed by atoms with Crippen molar-refractivity contribution in [2.24, 2.45) is 10.7 Å². The molecule has 0 fully saturated rings. The molecule has 0 aliphatic heterocycles. The zero-order chi connectivity index (χ0) is 22.9. The van der Waals surface area contributed by atoms with Crippen LogP contribution in [0, 0.1) is 22.7 Å². The molecule has 15 heteroatoms. The Labute approximate surface area is 173 Å². The molecule has 0 radical (unpaired) electrons. The van der Waals surface area contributed by atoms with E-state index in [-0.39, 0.29) is 4.80 Å². The summed E-state index contributed by atoms with van der Waals surface area (Å²) >= 11 is 11.5. The summed E-state index contributed by atoms with van der Waals surface area (Å²) in [6.07, 6.45) is -9.41. The van der Waals surface area contributed by atoms with E-state index >= 15 is 0 Å². The second kappa shape index (κ2) is 8.22. The summed E-state index contributed by atoms with van der Waals surface area (Å²) in [5.74, 6) is 0. The first kappa shape index (κ1) is 23.0. The molecule has 1 aromatic heterocycles. The summed E-state index contributed by atoms with van der Waals surface area (Å²) in [6, 6.07) is 3.68. The predicted molar refractivity (Wildman–Crippen MR) is 91.4 cm³/mol. The first-order chi connectivity index (χ1) is 13.8. The lowest BCUT2D eigenvalue weighted by Gasteiger charge is -2.11. The Morgan fingerprint density at radius 1 is 1.03 bits per heavy atom. The molecule has 0 aliphatic carbocycles. The molecule has 0 spiro atoms. The summed E-state index contributed by atoms with van der Waals surface area (Å²) in [6.45, 7) is 0. The number of aromatic nitrogens is 3. The summed E-state index contributed by atoms with van der Waals surface area (Å²) in [4.78, 5) is 3.65. The molecule has 2 N–H and O–H groups in total. The maximum absolute atomic E-state index is 13.3. The maximum Gasteiger partial charge on any atom is 0.437 e. The van der Waals surface area contributed by atoms with Gasteiger partial charge in [0.1, 0.15) is 29.2 Å². The van der Waals surface area contributed by atoms with Gasteiger partial charge in [-0.25, -0.2) is 4.99 Å². The number of hydrogen-bond acceptors (Lipinski definition) is 6. The van der Waals surface area contributed by atoms with E-state index < -0.39 is 56.4 Å². The summed E-state index contributed by atoms with van der Waals surface area (Å²) in [5, 5.41) is 22.8. The van der Waals surface area contributed by atoms with Gasteiger partial charge in [0.15, 0.2) is 11.4 Å². The van der Waals surface area contributed by atoms with Crippen molar-refractivity contribution in [1.82, 2.24) is 15.0 Å². The monoisotopic (exact) mass is 467 g/mol. The minimum absolute atomic E-state index is 0.276. The number of nitriles is 2. The summed E-state index contributed by atoms with van der Waals surface area (Å²) < 4.78 is 78.3. The molecular weight excluding hydrogens is 463 g/mol. The van der Waals surface area contributed by atoms with E-state index in [0.717, 1.165) is 0 Å². The smallest absolute Gasteiger partial charge is 0.388 e. The van der Waals surface area contributed by atoms with E-state index in [0.29, 0.717) is 18.3 Å². The Kier molecular flexibility index (Phi) is 6.30. The van der Waals surface area contributed by atoms with Crippen molar-refractivity contribution >= 4 is 29.4 Å². The molecule has 0 saturated heterocycles. The van der Waals surface area contributed by atoms with Gasteiger partial charge < -0.3 is 5.73 Å². The van der Waals surface area contributed by atoms with Crippen molar-refractivity contribution < 1.29 is 26.3 Å². The van der Waals surface area contributed by atoms with Crippen LogP contribution in [-0.2, 0) is 12.4 Å². The van der Waals surface area contributed by atoms with Gasteiger partial charge in [0.2, 0.25) is 0 Å². The summed E-state index contributed by atoms with van der Waals surface area (Å²) in [7, 11) is 0. The second-order valence-corrected chi connectivity index (χ2v) is 6.07. The highest BCUT2D eigenvalue weighted by Gasteiger charge is 2.39. The maximum atomic E-state index is 13.3. The molecule has 1 heterocycles. The minimum Gasteiger partial charge on any atom is -0.388 e. The number of halogens is 8. The van der Waals surface area contributed by atoms with Crippen molar-refractivity contribution in [3.63, 3.8) is 0 Å². The molecule has 1 aromatic carbocycles. The van der Waals surface area contributed by atoms with Crippen molar-refractivity contribution in [2.75, 3.05) is 0 Å². The van der Waals surface area contributed by atoms with E-state index in [1.54, 1.807) is 0 Å². The summed E-state index contributed by atoms with van der Waals surface area (Å²) in [5.41, 5.74) is -0.488. The quantitative estimate of drug-likeness (QED) is 0.411. The first-order valence-electron chi connectivity index (χ1n) is 7.24. The predicted octanol–water partition coefficient (Wildman–Crippen LogP) is 4.25. The Balaban J connectivity index is 2.67. The molecular formula is C15H5Cl2F6N7. The highest BCUT2D eigenvalue weighted by Crippen LogP contribution is 2.38.